The van der Waals surface area contributed by atoms with E-state index in [1.54, 1.807) is 49.6 Å². The van der Waals surface area contributed by atoms with E-state index in [4.69, 9.17) is 9.47 Å². The van der Waals surface area contributed by atoms with E-state index in [0.717, 1.165) is 5.56 Å². The van der Waals surface area contributed by atoms with Crippen LogP contribution in [0.3, 0.4) is 0 Å². The fraction of sp³-hybridized carbons (Fsp3) is 0.214. The van der Waals surface area contributed by atoms with Crippen molar-refractivity contribution in [3.8, 4) is 11.5 Å². The largest absolute Gasteiger partial charge is 0.507 e. The van der Waals surface area contributed by atoms with Crippen molar-refractivity contribution in [3.63, 3.8) is 0 Å². The smallest absolute Gasteiger partial charge is 0.295 e. The first-order chi connectivity index (χ1) is 16.8. The number of carbonyl (C=O) groups excluding carboxylic acids is 2. The van der Waals surface area contributed by atoms with Crippen LogP contribution in [0, 0.1) is 5.82 Å². The Morgan fingerprint density at radius 3 is 2.31 bits per heavy atom. The number of nitrogens with zero attached hydrogens (tertiary/aromatic N) is 1. The summed E-state index contributed by atoms with van der Waals surface area (Å²) in [5.74, 6) is -1.10. The second-order valence-corrected chi connectivity index (χ2v) is 8.52. The molecule has 0 aliphatic carbocycles. The number of Topliss-reactive ketones (excluding diaryl/α,β-unsaturated/α-hetero) is 1. The number of ether oxygens (including phenoxy) is 2. The van der Waals surface area contributed by atoms with Crippen LogP contribution in [0.25, 0.3) is 5.76 Å². The summed E-state index contributed by atoms with van der Waals surface area (Å²) in [6, 6.07) is 18.5. The number of carbonyl (C=O) groups is 2. The summed E-state index contributed by atoms with van der Waals surface area (Å²) in [6.07, 6.45) is -0.0157. The monoisotopic (exact) mass is 475 g/mol. The number of rotatable bonds is 7. The SMILES string of the molecule is COc1cccc(CN2C(=O)C(=O)/C(=C(\O)c3ccc(F)cc3)C2c2ccc(OC(C)C)cc2)c1. The van der Waals surface area contributed by atoms with Crippen LogP contribution in [0.5, 0.6) is 11.5 Å². The van der Waals surface area contributed by atoms with Crippen molar-refractivity contribution in [3.05, 3.63) is 101 Å². The molecule has 0 radical (unpaired) electrons. The van der Waals surface area contributed by atoms with Gasteiger partial charge in [-0.2, -0.15) is 0 Å². The zero-order valence-corrected chi connectivity index (χ0v) is 19.7. The van der Waals surface area contributed by atoms with E-state index in [0.29, 0.717) is 17.1 Å². The van der Waals surface area contributed by atoms with Crippen molar-refractivity contribution in [2.45, 2.75) is 32.5 Å². The highest BCUT2D eigenvalue weighted by molar-refractivity contribution is 6.46. The quantitative estimate of drug-likeness (QED) is 0.287. The molecule has 1 heterocycles. The zero-order valence-electron chi connectivity index (χ0n) is 19.7. The lowest BCUT2D eigenvalue weighted by atomic mass is 9.95. The Hall–Kier alpha value is -4.13. The first-order valence-corrected chi connectivity index (χ1v) is 11.2. The number of hydrogen-bond acceptors (Lipinski definition) is 5. The van der Waals surface area contributed by atoms with Gasteiger partial charge in [-0.15, -0.1) is 0 Å². The standard InChI is InChI=1S/C28H26FNO5/c1-17(2)35-22-13-9-19(10-14-22)25-24(26(31)20-7-11-21(29)12-8-20)27(32)28(33)30(25)16-18-5-4-6-23(15-18)34-3/h4-15,17,25,31H,16H2,1-3H3/b26-24-. The maximum atomic E-state index is 13.5. The van der Waals surface area contributed by atoms with Gasteiger partial charge in [0.2, 0.25) is 0 Å². The molecule has 1 aliphatic heterocycles. The maximum absolute atomic E-state index is 13.5. The number of benzene rings is 3. The second kappa shape index (κ2) is 10.0. The first-order valence-electron chi connectivity index (χ1n) is 11.2. The van der Waals surface area contributed by atoms with Crippen molar-refractivity contribution in [2.24, 2.45) is 0 Å². The number of aliphatic hydroxyl groups excluding tert-OH is 1. The molecule has 1 amide bonds. The number of likely N-dealkylation sites (tertiary alicyclic amines) is 1. The predicted octanol–water partition coefficient (Wildman–Crippen LogP) is 5.24. The third-order valence-electron chi connectivity index (χ3n) is 5.71. The summed E-state index contributed by atoms with van der Waals surface area (Å²) >= 11 is 0. The molecule has 3 aromatic carbocycles. The van der Waals surface area contributed by atoms with Gasteiger partial charge in [0.05, 0.1) is 24.8 Å². The van der Waals surface area contributed by atoms with Gasteiger partial charge in [-0.05, 0) is 73.5 Å². The number of hydrogen-bond donors (Lipinski definition) is 1. The van der Waals surface area contributed by atoms with E-state index in [1.807, 2.05) is 19.9 Å². The highest BCUT2D eigenvalue weighted by atomic mass is 19.1. The van der Waals surface area contributed by atoms with E-state index < -0.39 is 23.5 Å². The third-order valence-corrected chi connectivity index (χ3v) is 5.71. The Kier molecular flexibility index (Phi) is 6.87. The minimum Gasteiger partial charge on any atom is -0.507 e. The summed E-state index contributed by atoms with van der Waals surface area (Å²) in [5.41, 5.74) is 1.59. The molecular formula is C28H26FNO5. The molecule has 1 fully saturated rings. The topological polar surface area (TPSA) is 76.1 Å². The molecular weight excluding hydrogens is 449 g/mol. The second-order valence-electron chi connectivity index (χ2n) is 8.52. The maximum Gasteiger partial charge on any atom is 0.295 e. The van der Waals surface area contributed by atoms with Gasteiger partial charge in [-0.3, -0.25) is 9.59 Å². The number of aliphatic hydroxyl groups is 1. The molecule has 1 atom stereocenters. The van der Waals surface area contributed by atoms with E-state index in [-0.39, 0.29) is 29.5 Å². The van der Waals surface area contributed by atoms with Crippen molar-refractivity contribution >= 4 is 17.4 Å². The van der Waals surface area contributed by atoms with Gasteiger partial charge < -0.3 is 19.5 Å². The lowest BCUT2D eigenvalue weighted by Gasteiger charge is -2.26. The number of halogens is 1. The van der Waals surface area contributed by atoms with Gasteiger partial charge in [-0.1, -0.05) is 24.3 Å². The molecule has 1 saturated heterocycles. The zero-order chi connectivity index (χ0) is 25.1. The first kappa shape index (κ1) is 24.0. The van der Waals surface area contributed by atoms with E-state index in [2.05, 4.69) is 0 Å². The fourth-order valence-electron chi connectivity index (χ4n) is 4.12. The Balaban J connectivity index is 1.81. The summed E-state index contributed by atoms with van der Waals surface area (Å²) in [4.78, 5) is 27.8. The average Bonchev–Trinajstić information content (AvgIpc) is 3.09. The molecule has 180 valence electrons. The molecule has 0 bridgehead atoms. The minimum absolute atomic E-state index is 0.0157. The van der Waals surface area contributed by atoms with Crippen molar-refractivity contribution < 1.29 is 28.6 Å². The van der Waals surface area contributed by atoms with Crippen LogP contribution in [0.4, 0.5) is 4.39 Å². The number of methoxy groups -OCH3 is 1. The van der Waals surface area contributed by atoms with Crippen molar-refractivity contribution in [2.75, 3.05) is 7.11 Å². The molecule has 6 nitrogen and oxygen atoms in total. The van der Waals surface area contributed by atoms with Gasteiger partial charge in [0.15, 0.2) is 0 Å². The van der Waals surface area contributed by atoms with Crippen molar-refractivity contribution in [1.29, 1.82) is 0 Å². The van der Waals surface area contributed by atoms with Gasteiger partial charge in [0, 0.05) is 12.1 Å². The van der Waals surface area contributed by atoms with Gasteiger partial charge in [0.1, 0.15) is 23.1 Å². The fourth-order valence-corrected chi connectivity index (χ4v) is 4.12. The van der Waals surface area contributed by atoms with Crippen LogP contribution in [0.1, 0.15) is 36.6 Å². The Labute approximate surface area is 203 Å². The third kappa shape index (κ3) is 5.04. The van der Waals surface area contributed by atoms with Crippen LogP contribution < -0.4 is 9.47 Å². The lowest BCUT2D eigenvalue weighted by Crippen LogP contribution is -2.29. The summed E-state index contributed by atoms with van der Waals surface area (Å²) in [7, 11) is 1.55. The molecule has 1 unspecified atom stereocenters. The lowest BCUT2D eigenvalue weighted by molar-refractivity contribution is -0.140. The molecule has 0 spiro atoms. The summed E-state index contributed by atoms with van der Waals surface area (Å²) in [6.45, 7) is 3.95. The Morgan fingerprint density at radius 1 is 1.00 bits per heavy atom. The molecule has 0 saturated carbocycles. The minimum atomic E-state index is -0.848. The Bertz CT molecular complexity index is 1270. The molecule has 1 aliphatic rings. The predicted molar refractivity (Wildman–Crippen MR) is 129 cm³/mol. The van der Waals surface area contributed by atoms with E-state index in [1.165, 1.54) is 29.2 Å². The van der Waals surface area contributed by atoms with E-state index in [9.17, 15) is 19.1 Å². The van der Waals surface area contributed by atoms with E-state index >= 15 is 0 Å². The molecule has 0 aromatic heterocycles. The summed E-state index contributed by atoms with van der Waals surface area (Å²) < 4.78 is 24.5. The average molecular weight is 476 g/mol. The van der Waals surface area contributed by atoms with Crippen molar-refractivity contribution in [1.82, 2.24) is 4.90 Å². The van der Waals surface area contributed by atoms with Crippen LogP contribution >= 0.6 is 0 Å². The number of amides is 1. The highest BCUT2D eigenvalue weighted by Gasteiger charge is 2.46. The molecule has 1 N–H and O–H groups in total. The normalized spacial score (nSPS) is 17.2. The van der Waals surface area contributed by atoms with Crippen LogP contribution in [0.15, 0.2) is 78.4 Å². The Morgan fingerprint density at radius 2 is 1.69 bits per heavy atom. The van der Waals surface area contributed by atoms with Crippen LogP contribution in [-0.4, -0.2) is 34.9 Å². The van der Waals surface area contributed by atoms with Gasteiger partial charge in [0.25, 0.3) is 11.7 Å². The highest BCUT2D eigenvalue weighted by Crippen LogP contribution is 2.41. The van der Waals surface area contributed by atoms with Crippen LogP contribution in [-0.2, 0) is 16.1 Å². The summed E-state index contributed by atoms with van der Waals surface area (Å²) in [5, 5.41) is 11.1. The van der Waals surface area contributed by atoms with Gasteiger partial charge in [-0.25, -0.2) is 4.39 Å². The number of ketones is 1. The molecule has 3 aromatic rings. The van der Waals surface area contributed by atoms with Gasteiger partial charge >= 0.3 is 0 Å². The van der Waals surface area contributed by atoms with Crippen LogP contribution in [0.2, 0.25) is 0 Å². The molecule has 35 heavy (non-hydrogen) atoms. The molecule has 4 rings (SSSR count). The molecule has 7 heteroatoms.